The van der Waals surface area contributed by atoms with Gasteiger partial charge in [-0.2, -0.15) is 0 Å². The van der Waals surface area contributed by atoms with E-state index in [1.165, 1.54) is 52.1 Å². The summed E-state index contributed by atoms with van der Waals surface area (Å²) in [6, 6.07) is 0. The highest BCUT2D eigenvalue weighted by Crippen LogP contribution is 2.67. The van der Waals surface area contributed by atoms with Gasteiger partial charge in [-0.25, -0.2) is 0 Å². The van der Waals surface area contributed by atoms with Crippen molar-refractivity contribution < 1.29 is 14.3 Å². The monoisotopic (exact) mass is 388 g/mol. The lowest BCUT2D eigenvalue weighted by Crippen LogP contribution is -2.56. The maximum Gasteiger partial charge on any atom is 0.305 e. The third kappa shape index (κ3) is 3.06. The fourth-order valence-electron chi connectivity index (χ4n) is 8.72. The zero-order valence-electron chi connectivity index (χ0n) is 18.5. The van der Waals surface area contributed by atoms with Crippen molar-refractivity contribution in [2.45, 2.75) is 91.4 Å². The van der Waals surface area contributed by atoms with E-state index in [4.69, 9.17) is 4.74 Å². The Labute approximate surface area is 171 Å². The molecule has 4 aliphatic carbocycles. The molecule has 3 heteroatoms. The first-order valence-corrected chi connectivity index (χ1v) is 11.9. The van der Waals surface area contributed by atoms with Gasteiger partial charge in [0.05, 0.1) is 7.11 Å². The fourth-order valence-corrected chi connectivity index (χ4v) is 8.72. The molecule has 0 saturated heterocycles. The number of carbonyl (C=O) groups excluding carboxylic acids is 2. The fraction of sp³-hybridized carbons (Fsp3) is 0.920. The molecule has 8 atom stereocenters. The zero-order chi connectivity index (χ0) is 20.1. The molecular weight excluding hydrogens is 348 g/mol. The largest absolute Gasteiger partial charge is 0.469 e. The zero-order valence-corrected chi connectivity index (χ0v) is 18.5. The van der Waals surface area contributed by atoms with E-state index in [0.29, 0.717) is 47.2 Å². The average Bonchev–Trinajstić information content (AvgIpc) is 3.03. The van der Waals surface area contributed by atoms with Crippen molar-refractivity contribution in [3.8, 4) is 0 Å². The van der Waals surface area contributed by atoms with Gasteiger partial charge in [0.1, 0.15) is 5.78 Å². The molecule has 4 fully saturated rings. The van der Waals surface area contributed by atoms with Crippen molar-refractivity contribution in [3.05, 3.63) is 0 Å². The van der Waals surface area contributed by atoms with Crippen molar-refractivity contribution >= 4 is 11.8 Å². The molecule has 6 unspecified atom stereocenters. The summed E-state index contributed by atoms with van der Waals surface area (Å²) < 4.78 is 4.86. The van der Waals surface area contributed by atoms with Crippen molar-refractivity contribution in [2.24, 2.45) is 46.3 Å². The summed E-state index contributed by atoms with van der Waals surface area (Å²) in [6.45, 7) is 7.34. The first-order chi connectivity index (χ1) is 13.3. The van der Waals surface area contributed by atoms with Crippen LogP contribution in [0.1, 0.15) is 91.4 Å². The number of esters is 1. The van der Waals surface area contributed by atoms with Gasteiger partial charge >= 0.3 is 5.97 Å². The summed E-state index contributed by atoms with van der Waals surface area (Å²) in [5, 5.41) is 0. The molecule has 0 aromatic carbocycles. The van der Waals surface area contributed by atoms with Crippen molar-refractivity contribution in [1.82, 2.24) is 0 Å². The quantitative estimate of drug-likeness (QED) is 0.571. The molecule has 28 heavy (non-hydrogen) atoms. The lowest BCUT2D eigenvalue weighted by atomic mass is 9.44. The van der Waals surface area contributed by atoms with Gasteiger partial charge in [0.2, 0.25) is 0 Å². The maximum atomic E-state index is 13.2. The summed E-state index contributed by atoms with van der Waals surface area (Å²) in [4.78, 5) is 24.8. The van der Waals surface area contributed by atoms with Gasteiger partial charge in [0.25, 0.3) is 0 Å². The summed E-state index contributed by atoms with van der Waals surface area (Å²) in [5.74, 6) is 4.20. The van der Waals surface area contributed by atoms with E-state index in [0.717, 1.165) is 25.2 Å². The van der Waals surface area contributed by atoms with E-state index in [1.54, 1.807) is 0 Å². The van der Waals surface area contributed by atoms with E-state index in [1.807, 2.05) is 0 Å². The van der Waals surface area contributed by atoms with Crippen molar-refractivity contribution in [3.63, 3.8) is 0 Å². The number of ketones is 1. The Morgan fingerprint density at radius 2 is 1.82 bits per heavy atom. The Bertz CT molecular complexity index is 627. The average molecular weight is 389 g/mol. The lowest BCUT2D eigenvalue weighted by Gasteiger charge is -2.60. The van der Waals surface area contributed by atoms with E-state index < -0.39 is 0 Å². The molecule has 0 heterocycles. The molecule has 0 radical (unpaired) electrons. The number of rotatable bonds is 4. The highest BCUT2D eigenvalue weighted by Gasteiger charge is 2.61. The second-order valence-electron chi connectivity index (χ2n) is 11.2. The maximum absolute atomic E-state index is 13.2. The van der Waals surface area contributed by atoms with Crippen LogP contribution in [0.2, 0.25) is 0 Å². The predicted molar refractivity (Wildman–Crippen MR) is 111 cm³/mol. The Kier molecular flexibility index (Phi) is 5.42. The van der Waals surface area contributed by atoms with Crippen LogP contribution in [0.5, 0.6) is 0 Å². The third-order valence-corrected chi connectivity index (χ3v) is 10.2. The summed E-state index contributed by atoms with van der Waals surface area (Å²) in [7, 11) is 1.49. The normalized spacial score (nSPS) is 46.3. The van der Waals surface area contributed by atoms with Crippen LogP contribution in [0.3, 0.4) is 0 Å². The second-order valence-corrected chi connectivity index (χ2v) is 11.2. The first-order valence-electron chi connectivity index (χ1n) is 11.9. The molecular formula is C25H40O3. The van der Waals surface area contributed by atoms with E-state index in [2.05, 4.69) is 20.8 Å². The number of ether oxygens (including phenoxy) is 1. The Morgan fingerprint density at radius 3 is 2.57 bits per heavy atom. The topological polar surface area (TPSA) is 43.4 Å². The molecule has 0 bridgehead atoms. The van der Waals surface area contributed by atoms with Gasteiger partial charge < -0.3 is 4.74 Å². The van der Waals surface area contributed by atoms with Crippen LogP contribution in [0.15, 0.2) is 0 Å². The van der Waals surface area contributed by atoms with Crippen LogP contribution in [-0.4, -0.2) is 18.9 Å². The highest BCUT2D eigenvalue weighted by molar-refractivity contribution is 5.83. The molecule has 158 valence electrons. The van der Waals surface area contributed by atoms with Gasteiger partial charge in [-0.15, -0.1) is 0 Å². The van der Waals surface area contributed by atoms with Crippen LogP contribution in [0.4, 0.5) is 0 Å². The van der Waals surface area contributed by atoms with Crippen LogP contribution in [0.25, 0.3) is 0 Å². The second kappa shape index (κ2) is 7.43. The molecule has 3 nitrogen and oxygen atoms in total. The number of hydrogen-bond acceptors (Lipinski definition) is 3. The number of methoxy groups -OCH3 is 1. The molecule has 0 aliphatic heterocycles. The van der Waals surface area contributed by atoms with Crippen molar-refractivity contribution in [1.29, 1.82) is 0 Å². The lowest BCUT2D eigenvalue weighted by molar-refractivity contribution is -0.154. The molecule has 0 spiro atoms. The molecule has 4 saturated carbocycles. The Morgan fingerprint density at radius 1 is 1.07 bits per heavy atom. The number of fused-ring (bicyclic) bond motifs is 5. The molecule has 4 rings (SSSR count). The van der Waals surface area contributed by atoms with Crippen LogP contribution >= 0.6 is 0 Å². The number of hydrogen-bond donors (Lipinski definition) is 0. The van der Waals surface area contributed by atoms with Crippen molar-refractivity contribution in [2.75, 3.05) is 7.11 Å². The van der Waals surface area contributed by atoms with Gasteiger partial charge in [0.15, 0.2) is 0 Å². The van der Waals surface area contributed by atoms with Gasteiger partial charge in [-0.05, 0) is 85.4 Å². The summed E-state index contributed by atoms with van der Waals surface area (Å²) >= 11 is 0. The van der Waals surface area contributed by atoms with Crippen LogP contribution < -0.4 is 0 Å². The molecule has 0 aromatic heterocycles. The molecule has 4 aliphatic rings. The van der Waals surface area contributed by atoms with Gasteiger partial charge in [0, 0.05) is 18.8 Å². The minimum absolute atomic E-state index is 0.0793. The molecule has 0 aromatic rings. The van der Waals surface area contributed by atoms with Crippen LogP contribution in [0, 0.1) is 46.3 Å². The number of Topliss-reactive ketones (excluding diaryl/α,β-unsaturated/α-hetero) is 1. The van der Waals surface area contributed by atoms with Gasteiger partial charge in [-0.3, -0.25) is 9.59 Å². The highest BCUT2D eigenvalue weighted by atomic mass is 16.5. The van der Waals surface area contributed by atoms with E-state index >= 15 is 0 Å². The smallest absolute Gasteiger partial charge is 0.305 e. The molecule has 0 amide bonds. The third-order valence-electron chi connectivity index (χ3n) is 10.2. The molecule has 0 N–H and O–H groups in total. The predicted octanol–water partition coefficient (Wildman–Crippen LogP) is 5.80. The van der Waals surface area contributed by atoms with Gasteiger partial charge in [-0.1, -0.05) is 33.6 Å². The minimum Gasteiger partial charge on any atom is -0.469 e. The SMILES string of the molecule is COC(=O)CC[C@@H](C)C1CCC2C3CC(=O)C4CCCCC4(C)C3CC[C@@]21C. The number of carbonyl (C=O) groups is 2. The van der Waals surface area contributed by atoms with E-state index in [-0.39, 0.29) is 11.4 Å². The van der Waals surface area contributed by atoms with E-state index in [9.17, 15) is 9.59 Å². The Balaban J connectivity index is 1.53. The van der Waals surface area contributed by atoms with Crippen LogP contribution in [-0.2, 0) is 14.3 Å². The summed E-state index contributed by atoms with van der Waals surface area (Å²) in [5.41, 5.74) is 0.628. The Hall–Kier alpha value is -0.860. The standard InChI is InChI=1S/C25H40O3/c1-16(8-11-23(27)28-4)18-9-10-19-17-15-22(26)21-7-5-6-13-24(21,2)20(17)12-14-25(18,19)3/h16-21H,5-15H2,1-4H3/t16-,17?,18?,19?,20?,21?,24?,25-/m1/s1. The summed E-state index contributed by atoms with van der Waals surface area (Å²) in [6.07, 6.45) is 12.5. The minimum atomic E-state index is -0.0793. The first kappa shape index (κ1) is 20.4.